The lowest BCUT2D eigenvalue weighted by Gasteiger charge is -2.06. The minimum atomic E-state index is -0.109. The van der Waals surface area contributed by atoms with Crippen molar-refractivity contribution in [1.29, 1.82) is 0 Å². The summed E-state index contributed by atoms with van der Waals surface area (Å²) in [6.45, 7) is 0.469. The van der Waals surface area contributed by atoms with Crippen molar-refractivity contribution in [3.8, 4) is 22.5 Å². The summed E-state index contributed by atoms with van der Waals surface area (Å²) >= 11 is 0. The second-order valence-electron chi connectivity index (χ2n) is 7.31. The summed E-state index contributed by atoms with van der Waals surface area (Å²) in [6, 6.07) is 27.9. The molecule has 0 bridgehead atoms. The van der Waals surface area contributed by atoms with Crippen molar-refractivity contribution in [2.24, 2.45) is 0 Å². The van der Waals surface area contributed by atoms with Crippen molar-refractivity contribution in [2.75, 3.05) is 0 Å². The highest BCUT2D eigenvalue weighted by molar-refractivity contribution is 5.96. The Morgan fingerprint density at radius 1 is 0.871 bits per heavy atom. The molecule has 1 amide bonds. The van der Waals surface area contributed by atoms with Crippen LogP contribution >= 0.6 is 0 Å². The highest BCUT2D eigenvalue weighted by Crippen LogP contribution is 2.29. The van der Waals surface area contributed by atoms with Crippen LogP contribution in [0, 0.1) is 0 Å². The molecule has 0 aliphatic rings. The van der Waals surface area contributed by atoms with Crippen LogP contribution in [0.3, 0.4) is 0 Å². The lowest BCUT2D eigenvalue weighted by atomic mass is 10.0. The smallest absolute Gasteiger partial charge is 0.251 e. The summed E-state index contributed by atoms with van der Waals surface area (Å²) in [5.41, 5.74) is 5.50. The van der Waals surface area contributed by atoms with Crippen molar-refractivity contribution in [3.63, 3.8) is 0 Å². The van der Waals surface area contributed by atoms with Gasteiger partial charge in [-0.25, -0.2) is 0 Å². The third-order valence-electron chi connectivity index (χ3n) is 5.30. The van der Waals surface area contributed by atoms with Gasteiger partial charge in [0.15, 0.2) is 0 Å². The SMILES string of the molecule is O=C(NCc1ccncc1)c1ccc(-c2cc(-c3cccc4ccccc34)[nH]n2)cc1. The number of benzene rings is 3. The fraction of sp³-hybridized carbons (Fsp3) is 0.0385. The Hall–Kier alpha value is -4.25. The lowest BCUT2D eigenvalue weighted by Crippen LogP contribution is -2.22. The zero-order valence-electron chi connectivity index (χ0n) is 16.7. The molecule has 0 radical (unpaired) electrons. The van der Waals surface area contributed by atoms with Crippen molar-refractivity contribution in [2.45, 2.75) is 6.54 Å². The van der Waals surface area contributed by atoms with E-state index >= 15 is 0 Å². The zero-order chi connectivity index (χ0) is 21.0. The summed E-state index contributed by atoms with van der Waals surface area (Å²) in [7, 11) is 0. The van der Waals surface area contributed by atoms with Crippen LogP contribution in [0.25, 0.3) is 33.3 Å². The maximum atomic E-state index is 12.4. The molecule has 0 saturated carbocycles. The quantitative estimate of drug-likeness (QED) is 0.422. The monoisotopic (exact) mass is 404 g/mol. The molecule has 0 aliphatic heterocycles. The third kappa shape index (κ3) is 3.94. The normalized spacial score (nSPS) is 10.8. The van der Waals surface area contributed by atoms with E-state index in [1.807, 2.05) is 54.6 Å². The van der Waals surface area contributed by atoms with Gasteiger partial charge < -0.3 is 5.32 Å². The Morgan fingerprint density at radius 2 is 1.65 bits per heavy atom. The number of rotatable bonds is 5. The lowest BCUT2D eigenvalue weighted by molar-refractivity contribution is 0.0951. The number of nitrogens with zero attached hydrogens (tertiary/aromatic N) is 2. The molecule has 5 rings (SSSR count). The van der Waals surface area contributed by atoms with Crippen molar-refractivity contribution in [3.05, 3.63) is 108 Å². The van der Waals surface area contributed by atoms with E-state index in [-0.39, 0.29) is 5.91 Å². The number of pyridine rings is 1. The van der Waals surface area contributed by atoms with E-state index in [9.17, 15) is 4.79 Å². The van der Waals surface area contributed by atoms with Gasteiger partial charge in [-0.05, 0) is 46.7 Å². The van der Waals surface area contributed by atoms with Crippen LogP contribution in [-0.4, -0.2) is 21.1 Å². The van der Waals surface area contributed by atoms with E-state index in [0.29, 0.717) is 12.1 Å². The second kappa shape index (κ2) is 8.24. The number of carbonyl (C=O) groups excluding carboxylic acids is 1. The molecule has 0 atom stereocenters. The first-order valence-electron chi connectivity index (χ1n) is 10.1. The van der Waals surface area contributed by atoms with E-state index in [4.69, 9.17) is 0 Å². The number of hydrogen-bond donors (Lipinski definition) is 2. The van der Waals surface area contributed by atoms with Gasteiger partial charge in [0.25, 0.3) is 5.91 Å². The average Bonchev–Trinajstić information content (AvgIpc) is 3.33. The van der Waals surface area contributed by atoms with E-state index in [0.717, 1.165) is 28.1 Å². The highest BCUT2D eigenvalue weighted by atomic mass is 16.1. The van der Waals surface area contributed by atoms with Crippen LogP contribution < -0.4 is 5.32 Å². The predicted octanol–water partition coefficient (Wildman–Crippen LogP) is 5.22. The number of hydrogen-bond acceptors (Lipinski definition) is 3. The predicted molar refractivity (Wildman–Crippen MR) is 122 cm³/mol. The minimum absolute atomic E-state index is 0.109. The molecule has 0 saturated heterocycles. The molecule has 0 spiro atoms. The molecule has 2 heterocycles. The zero-order valence-corrected chi connectivity index (χ0v) is 16.7. The van der Waals surface area contributed by atoms with E-state index in [1.54, 1.807) is 12.4 Å². The molecule has 5 aromatic rings. The van der Waals surface area contributed by atoms with Crippen molar-refractivity contribution < 1.29 is 4.79 Å². The standard InChI is InChI=1S/C26H20N4O/c31-26(28-17-18-12-14-27-15-13-18)21-10-8-20(9-11-21)24-16-25(30-29-24)23-7-3-5-19-4-1-2-6-22(19)23/h1-16H,17H2,(H,28,31)(H,29,30). The second-order valence-corrected chi connectivity index (χ2v) is 7.31. The molecule has 5 nitrogen and oxygen atoms in total. The average molecular weight is 404 g/mol. The van der Waals surface area contributed by atoms with Crippen LogP contribution in [0.4, 0.5) is 0 Å². The number of nitrogens with one attached hydrogen (secondary N) is 2. The van der Waals surface area contributed by atoms with Crippen molar-refractivity contribution in [1.82, 2.24) is 20.5 Å². The molecule has 150 valence electrons. The first-order valence-corrected chi connectivity index (χ1v) is 10.1. The molecule has 0 aliphatic carbocycles. The van der Waals surface area contributed by atoms with E-state index < -0.39 is 0 Å². The number of amides is 1. The maximum Gasteiger partial charge on any atom is 0.251 e. The summed E-state index contributed by atoms with van der Waals surface area (Å²) in [5.74, 6) is -0.109. The fourth-order valence-corrected chi connectivity index (χ4v) is 3.65. The summed E-state index contributed by atoms with van der Waals surface area (Å²) < 4.78 is 0. The molecule has 31 heavy (non-hydrogen) atoms. The van der Waals surface area contributed by atoms with Crippen molar-refractivity contribution >= 4 is 16.7 Å². The molecule has 2 N–H and O–H groups in total. The Kier molecular flexibility index (Phi) is 4.99. The van der Waals surface area contributed by atoms with Gasteiger partial charge in [-0.2, -0.15) is 5.10 Å². The molecule has 3 aromatic carbocycles. The third-order valence-corrected chi connectivity index (χ3v) is 5.30. The number of aromatic amines is 1. The number of fused-ring (bicyclic) bond motifs is 1. The largest absolute Gasteiger partial charge is 0.348 e. The van der Waals surface area contributed by atoms with E-state index in [2.05, 4.69) is 50.8 Å². The van der Waals surface area contributed by atoms with Gasteiger partial charge in [-0.1, -0.05) is 54.6 Å². The summed E-state index contributed by atoms with van der Waals surface area (Å²) in [6.07, 6.45) is 3.43. The Bertz CT molecular complexity index is 1340. The first-order chi connectivity index (χ1) is 15.3. The van der Waals surface area contributed by atoms with Crippen LogP contribution in [0.15, 0.2) is 97.3 Å². The van der Waals surface area contributed by atoms with Gasteiger partial charge in [0.05, 0.1) is 11.4 Å². The highest BCUT2D eigenvalue weighted by Gasteiger charge is 2.10. The minimum Gasteiger partial charge on any atom is -0.348 e. The summed E-state index contributed by atoms with van der Waals surface area (Å²) in [4.78, 5) is 16.4. The topological polar surface area (TPSA) is 70.7 Å². The maximum absolute atomic E-state index is 12.4. The number of aromatic nitrogens is 3. The fourth-order valence-electron chi connectivity index (χ4n) is 3.65. The van der Waals surface area contributed by atoms with Crippen LogP contribution in [0.5, 0.6) is 0 Å². The van der Waals surface area contributed by atoms with Gasteiger partial charge in [-0.15, -0.1) is 0 Å². The number of H-pyrrole nitrogens is 1. The Morgan fingerprint density at radius 3 is 2.48 bits per heavy atom. The molecular formula is C26H20N4O. The number of carbonyl (C=O) groups is 1. The Balaban J connectivity index is 1.34. The van der Waals surface area contributed by atoms with E-state index in [1.165, 1.54) is 10.8 Å². The molecule has 0 unspecified atom stereocenters. The molecule has 0 fully saturated rings. The Labute approximate surface area is 179 Å². The first kappa shape index (κ1) is 18.8. The summed E-state index contributed by atoms with van der Waals surface area (Å²) in [5, 5.41) is 12.9. The van der Waals surface area contributed by atoms with Crippen LogP contribution in [0.1, 0.15) is 15.9 Å². The van der Waals surface area contributed by atoms with Gasteiger partial charge in [0.1, 0.15) is 0 Å². The van der Waals surface area contributed by atoms with Gasteiger partial charge >= 0.3 is 0 Å². The van der Waals surface area contributed by atoms with Gasteiger partial charge in [0, 0.05) is 35.6 Å². The molecule has 2 aromatic heterocycles. The van der Waals surface area contributed by atoms with Gasteiger partial charge in [0.2, 0.25) is 0 Å². The molecule has 5 heteroatoms. The van der Waals surface area contributed by atoms with Gasteiger partial charge in [-0.3, -0.25) is 14.9 Å². The van der Waals surface area contributed by atoms with Crippen LogP contribution in [0.2, 0.25) is 0 Å². The molecular weight excluding hydrogens is 384 g/mol. The van der Waals surface area contributed by atoms with Crippen LogP contribution in [-0.2, 0) is 6.54 Å².